The highest BCUT2D eigenvalue weighted by molar-refractivity contribution is 6.33. The van der Waals surface area contributed by atoms with Gasteiger partial charge >= 0.3 is 5.69 Å². The van der Waals surface area contributed by atoms with Crippen LogP contribution in [0.1, 0.15) is 31.9 Å². The van der Waals surface area contributed by atoms with E-state index in [1.807, 2.05) is 33.2 Å². The summed E-state index contributed by atoms with van der Waals surface area (Å²) >= 11 is 7.02. The first kappa shape index (κ1) is 31.0. The van der Waals surface area contributed by atoms with Crippen LogP contribution in [0, 0.1) is 0 Å². The molecular formula is C32H42ClN7O3. The molecule has 1 amide bonds. The molecule has 0 radical (unpaired) electrons. The van der Waals surface area contributed by atoms with Crippen molar-refractivity contribution in [3.8, 4) is 5.69 Å². The van der Waals surface area contributed by atoms with Crippen LogP contribution in [0.3, 0.4) is 0 Å². The van der Waals surface area contributed by atoms with E-state index in [2.05, 4.69) is 47.3 Å². The number of fused-ring (bicyclic) bond motifs is 1. The van der Waals surface area contributed by atoms with E-state index in [0.717, 1.165) is 36.2 Å². The van der Waals surface area contributed by atoms with Crippen molar-refractivity contribution in [2.24, 2.45) is 0 Å². The number of halogens is 1. The number of aryl methyl sites for hydroxylation is 2. The van der Waals surface area contributed by atoms with Crippen molar-refractivity contribution in [1.29, 1.82) is 0 Å². The molecule has 2 aliphatic heterocycles. The Morgan fingerprint density at radius 3 is 2.47 bits per heavy atom. The summed E-state index contributed by atoms with van der Waals surface area (Å²) in [4.78, 5) is 44.5. The van der Waals surface area contributed by atoms with E-state index in [0.29, 0.717) is 67.0 Å². The Kier molecular flexibility index (Phi) is 9.39. The third kappa shape index (κ3) is 6.14. The van der Waals surface area contributed by atoms with Crippen LogP contribution in [0.5, 0.6) is 0 Å². The summed E-state index contributed by atoms with van der Waals surface area (Å²) < 4.78 is 7.70. The minimum absolute atomic E-state index is 0.00967. The van der Waals surface area contributed by atoms with Crippen molar-refractivity contribution in [2.45, 2.75) is 45.8 Å². The number of carbonyl (C=O) groups is 1. The van der Waals surface area contributed by atoms with E-state index in [1.165, 1.54) is 6.08 Å². The van der Waals surface area contributed by atoms with Gasteiger partial charge < -0.3 is 24.3 Å². The molecule has 4 heterocycles. The number of anilines is 2. The average molecular weight is 608 g/mol. The van der Waals surface area contributed by atoms with Gasteiger partial charge in [-0.3, -0.25) is 4.79 Å². The largest absolute Gasteiger partial charge is 0.373 e. The fraction of sp³-hybridized carbons (Fsp3) is 0.500. The summed E-state index contributed by atoms with van der Waals surface area (Å²) in [6, 6.07) is 7.98. The zero-order chi connectivity index (χ0) is 30.8. The highest BCUT2D eigenvalue weighted by atomic mass is 35.5. The molecule has 11 heteroatoms. The quantitative estimate of drug-likeness (QED) is 0.360. The maximum atomic E-state index is 14.1. The number of hydrogen-bond donors (Lipinski definition) is 0. The number of amides is 1. The third-order valence-corrected chi connectivity index (χ3v) is 8.64. The van der Waals surface area contributed by atoms with E-state index < -0.39 is 0 Å². The van der Waals surface area contributed by atoms with Gasteiger partial charge in [0.25, 0.3) is 0 Å². The van der Waals surface area contributed by atoms with Crippen LogP contribution in [-0.2, 0) is 22.4 Å². The van der Waals surface area contributed by atoms with Crippen molar-refractivity contribution in [2.75, 3.05) is 69.8 Å². The number of para-hydroxylation sites is 1. The van der Waals surface area contributed by atoms with Crippen LogP contribution in [0.15, 0.2) is 41.7 Å². The highest BCUT2D eigenvalue weighted by Crippen LogP contribution is 2.35. The van der Waals surface area contributed by atoms with Gasteiger partial charge in [0.05, 0.1) is 28.8 Å². The molecule has 2 fully saturated rings. The van der Waals surface area contributed by atoms with Gasteiger partial charge in [-0.2, -0.15) is 4.98 Å². The first-order valence-electron chi connectivity index (χ1n) is 15.1. The molecule has 0 saturated carbocycles. The number of morpholine rings is 1. The van der Waals surface area contributed by atoms with Gasteiger partial charge in [0, 0.05) is 45.3 Å². The Bertz CT molecular complexity index is 1550. The average Bonchev–Trinajstić information content (AvgIpc) is 2.99. The fourth-order valence-corrected chi connectivity index (χ4v) is 6.54. The zero-order valence-corrected chi connectivity index (χ0v) is 26.6. The first-order chi connectivity index (χ1) is 20.7. The second-order valence-electron chi connectivity index (χ2n) is 11.6. The van der Waals surface area contributed by atoms with Crippen LogP contribution >= 0.6 is 11.6 Å². The van der Waals surface area contributed by atoms with E-state index in [4.69, 9.17) is 26.3 Å². The monoisotopic (exact) mass is 607 g/mol. The summed E-state index contributed by atoms with van der Waals surface area (Å²) in [6.45, 7) is 14.0. The lowest BCUT2D eigenvalue weighted by molar-refractivity contribution is -0.126. The molecule has 2 aromatic heterocycles. The Morgan fingerprint density at radius 1 is 1.12 bits per heavy atom. The van der Waals surface area contributed by atoms with Crippen LogP contribution in [-0.4, -0.2) is 102 Å². The summed E-state index contributed by atoms with van der Waals surface area (Å²) in [5.41, 5.74) is 3.08. The van der Waals surface area contributed by atoms with Crippen molar-refractivity contribution < 1.29 is 9.53 Å². The number of likely N-dealkylation sites (N-methyl/N-ethyl adjacent to an activating group) is 1. The Morgan fingerprint density at radius 2 is 1.84 bits per heavy atom. The van der Waals surface area contributed by atoms with Crippen LogP contribution in [0.25, 0.3) is 16.7 Å². The molecule has 1 unspecified atom stereocenters. The number of ether oxygens (including phenoxy) is 1. The molecule has 0 bridgehead atoms. The maximum Gasteiger partial charge on any atom is 0.355 e. The Labute approximate surface area is 258 Å². The number of aromatic nitrogens is 3. The van der Waals surface area contributed by atoms with Crippen LogP contribution < -0.4 is 15.5 Å². The molecule has 2 saturated heterocycles. The number of benzene rings is 1. The molecule has 5 rings (SSSR count). The first-order valence-corrected chi connectivity index (χ1v) is 15.5. The molecule has 2 atom stereocenters. The molecular weight excluding hydrogens is 566 g/mol. The lowest BCUT2D eigenvalue weighted by Crippen LogP contribution is -2.54. The molecule has 0 aliphatic carbocycles. The van der Waals surface area contributed by atoms with Crippen LogP contribution in [0.4, 0.5) is 11.6 Å². The molecule has 3 aromatic rings. The minimum Gasteiger partial charge on any atom is -0.373 e. The predicted molar refractivity (Wildman–Crippen MR) is 173 cm³/mol. The lowest BCUT2D eigenvalue weighted by atomic mass is 10.0. The van der Waals surface area contributed by atoms with Gasteiger partial charge in [-0.1, -0.05) is 50.2 Å². The molecule has 0 N–H and O–H groups in total. The van der Waals surface area contributed by atoms with Crippen molar-refractivity contribution >= 4 is 40.2 Å². The topological polar surface area (TPSA) is 87.0 Å². The predicted octanol–water partition coefficient (Wildman–Crippen LogP) is 3.55. The number of piperazine rings is 1. The Hall–Kier alpha value is -3.47. The summed E-state index contributed by atoms with van der Waals surface area (Å²) in [7, 11) is 4.06. The van der Waals surface area contributed by atoms with Gasteiger partial charge in [0.1, 0.15) is 11.6 Å². The fourth-order valence-electron chi connectivity index (χ4n) is 6.27. The molecule has 43 heavy (non-hydrogen) atoms. The zero-order valence-electron chi connectivity index (χ0n) is 25.8. The number of rotatable bonds is 8. The lowest BCUT2D eigenvalue weighted by Gasteiger charge is -2.40. The second-order valence-corrected chi connectivity index (χ2v) is 12.0. The van der Waals surface area contributed by atoms with Gasteiger partial charge in [-0.25, -0.2) is 14.3 Å². The summed E-state index contributed by atoms with van der Waals surface area (Å²) in [6.07, 6.45) is 2.86. The highest BCUT2D eigenvalue weighted by Gasteiger charge is 2.31. The number of hydrogen-bond acceptors (Lipinski definition) is 8. The van der Waals surface area contributed by atoms with Gasteiger partial charge in [0.2, 0.25) is 5.91 Å². The van der Waals surface area contributed by atoms with Crippen molar-refractivity contribution in [3.63, 3.8) is 0 Å². The van der Waals surface area contributed by atoms with E-state index in [1.54, 1.807) is 9.47 Å². The van der Waals surface area contributed by atoms with Crippen molar-refractivity contribution in [3.05, 3.63) is 63.6 Å². The minimum atomic E-state index is -0.386. The second kappa shape index (κ2) is 13.0. The van der Waals surface area contributed by atoms with E-state index in [9.17, 15) is 9.59 Å². The summed E-state index contributed by atoms with van der Waals surface area (Å²) in [5.74, 6) is 1.07. The molecule has 2 aliphatic rings. The van der Waals surface area contributed by atoms with Gasteiger partial charge in [-0.05, 0) is 57.1 Å². The van der Waals surface area contributed by atoms with E-state index >= 15 is 0 Å². The molecule has 230 valence electrons. The molecule has 10 nitrogen and oxygen atoms in total. The van der Waals surface area contributed by atoms with Crippen LogP contribution in [0.2, 0.25) is 5.02 Å². The smallest absolute Gasteiger partial charge is 0.355 e. The normalized spacial score (nSPS) is 19.4. The van der Waals surface area contributed by atoms with Gasteiger partial charge in [-0.15, -0.1) is 0 Å². The van der Waals surface area contributed by atoms with Crippen molar-refractivity contribution in [1.82, 2.24) is 24.3 Å². The Balaban J connectivity index is 1.71. The van der Waals surface area contributed by atoms with Gasteiger partial charge in [0.15, 0.2) is 5.65 Å². The SMILES string of the molecule is C=CC(=O)N1CCN(c2nc(=O)n(-c3c(CC)cccc3CC)c3nc(N4CCOC(CN(C)C)C4)c(Cl)cc23)[C@@H](C)C1. The number of pyridine rings is 1. The number of carbonyl (C=O) groups excluding carboxylic acids is 1. The molecule has 0 spiro atoms. The van der Waals surface area contributed by atoms with E-state index in [-0.39, 0.29) is 23.7 Å². The number of nitrogens with zero attached hydrogens (tertiary/aromatic N) is 7. The summed E-state index contributed by atoms with van der Waals surface area (Å²) in [5, 5.41) is 1.20. The molecule has 1 aromatic carbocycles. The maximum absolute atomic E-state index is 14.1. The standard InChI is InChI=1S/C32H42ClN7O3/c1-7-22-11-10-12-23(8-2)28(22)40-30-25(17-26(33)31(34-30)38-15-16-43-24(20-38)19-36(5)6)29(35-32(40)42)39-14-13-37(18-21(39)4)27(41)9-3/h9-12,17,21,24H,3,7-8,13-16,18-20H2,1-2,4-6H3/t21-,24?/m0/s1. The third-order valence-electron chi connectivity index (χ3n) is 8.36.